The van der Waals surface area contributed by atoms with Gasteiger partial charge in [0.1, 0.15) is 0 Å². The summed E-state index contributed by atoms with van der Waals surface area (Å²) in [7, 11) is 1.36. The van der Waals surface area contributed by atoms with Gasteiger partial charge in [0.15, 0.2) is 5.75 Å². The molecule has 1 saturated heterocycles. The molecule has 1 atom stereocenters. The fraction of sp³-hybridized carbons (Fsp3) is 0.533. The Labute approximate surface area is 141 Å². The zero-order valence-corrected chi connectivity index (χ0v) is 14.0. The van der Waals surface area contributed by atoms with Crippen LogP contribution in [0.15, 0.2) is 18.2 Å². The molecule has 1 fully saturated rings. The summed E-state index contributed by atoms with van der Waals surface area (Å²) in [5.41, 5.74) is 6.01. The molecule has 1 heterocycles. The maximum Gasteiger partial charge on any atom is 0.311 e. The second-order valence-corrected chi connectivity index (χ2v) is 5.63. The third-order valence-corrected chi connectivity index (χ3v) is 4.19. The fourth-order valence-electron chi connectivity index (χ4n) is 2.78. The van der Waals surface area contributed by atoms with Crippen LogP contribution in [0.1, 0.15) is 30.1 Å². The van der Waals surface area contributed by atoms with E-state index in [0.29, 0.717) is 24.6 Å². The Morgan fingerprint density at radius 1 is 1.43 bits per heavy atom. The Hall–Kier alpha value is -1.86. The molecule has 0 saturated carbocycles. The molecular formula is C15H22ClN3O4. The number of nitro groups is 1. The van der Waals surface area contributed by atoms with E-state index >= 15 is 0 Å². The number of likely N-dealkylation sites (tertiary alicyclic amines) is 1. The van der Waals surface area contributed by atoms with Gasteiger partial charge in [-0.3, -0.25) is 14.9 Å². The van der Waals surface area contributed by atoms with Gasteiger partial charge < -0.3 is 15.4 Å². The second kappa shape index (κ2) is 8.12. The number of halogens is 1. The minimum absolute atomic E-state index is 0. The van der Waals surface area contributed by atoms with Crippen molar-refractivity contribution in [2.24, 2.45) is 11.7 Å². The minimum atomic E-state index is -0.544. The van der Waals surface area contributed by atoms with Crippen LogP contribution < -0.4 is 10.5 Å². The summed E-state index contributed by atoms with van der Waals surface area (Å²) in [5, 5.41) is 11.0. The van der Waals surface area contributed by atoms with E-state index in [1.807, 2.05) is 6.92 Å². The van der Waals surface area contributed by atoms with Gasteiger partial charge in [0.05, 0.1) is 12.0 Å². The summed E-state index contributed by atoms with van der Waals surface area (Å²) in [5.74, 6) is 0.389. The van der Waals surface area contributed by atoms with Crippen molar-refractivity contribution in [1.29, 1.82) is 0 Å². The van der Waals surface area contributed by atoms with Gasteiger partial charge in [-0.2, -0.15) is 0 Å². The molecule has 0 radical (unpaired) electrons. The van der Waals surface area contributed by atoms with E-state index in [9.17, 15) is 14.9 Å². The Balaban J connectivity index is 0.00000264. The Bertz CT molecular complexity index is 572. The number of rotatable bonds is 4. The second-order valence-electron chi connectivity index (χ2n) is 5.63. The van der Waals surface area contributed by atoms with Crippen LogP contribution in [0, 0.1) is 16.0 Å². The molecule has 8 heteroatoms. The van der Waals surface area contributed by atoms with E-state index in [0.717, 1.165) is 12.8 Å². The molecule has 1 aliphatic rings. The van der Waals surface area contributed by atoms with Crippen molar-refractivity contribution in [2.75, 3.05) is 20.2 Å². The maximum atomic E-state index is 12.5. The number of piperidine rings is 1. The van der Waals surface area contributed by atoms with Crippen molar-refractivity contribution in [3.8, 4) is 5.75 Å². The third kappa shape index (κ3) is 4.33. The van der Waals surface area contributed by atoms with Gasteiger partial charge in [0.2, 0.25) is 0 Å². The van der Waals surface area contributed by atoms with Crippen LogP contribution in [0.3, 0.4) is 0 Å². The molecule has 7 nitrogen and oxygen atoms in total. The number of nitrogens with two attached hydrogens (primary N) is 1. The van der Waals surface area contributed by atoms with Crippen LogP contribution in [-0.4, -0.2) is 42.0 Å². The molecule has 128 valence electrons. The predicted octanol–water partition coefficient (Wildman–Crippen LogP) is 2.22. The van der Waals surface area contributed by atoms with Crippen LogP contribution in [0.2, 0.25) is 0 Å². The number of benzene rings is 1. The SMILES string of the molecule is COc1ccc(C(=O)N2CCC(C(C)N)CC2)cc1[N+](=O)[O-].Cl. The smallest absolute Gasteiger partial charge is 0.311 e. The van der Waals surface area contributed by atoms with E-state index in [1.165, 1.54) is 19.2 Å². The first-order chi connectivity index (χ1) is 10.4. The first-order valence-electron chi connectivity index (χ1n) is 7.31. The van der Waals surface area contributed by atoms with Crippen LogP contribution in [0.4, 0.5) is 5.69 Å². The Kier molecular flexibility index (Phi) is 6.78. The number of carbonyl (C=O) groups excluding carboxylic acids is 1. The molecule has 1 amide bonds. The monoisotopic (exact) mass is 343 g/mol. The molecule has 0 aromatic heterocycles. The quantitative estimate of drug-likeness (QED) is 0.667. The first kappa shape index (κ1) is 19.2. The van der Waals surface area contributed by atoms with Gasteiger partial charge in [0, 0.05) is 30.8 Å². The zero-order chi connectivity index (χ0) is 16.3. The molecule has 2 N–H and O–H groups in total. The molecule has 1 aliphatic heterocycles. The molecule has 1 aromatic carbocycles. The van der Waals surface area contributed by atoms with Crippen molar-refractivity contribution in [3.63, 3.8) is 0 Å². The van der Waals surface area contributed by atoms with Gasteiger partial charge >= 0.3 is 5.69 Å². The molecule has 1 aromatic rings. The van der Waals surface area contributed by atoms with Crippen molar-refractivity contribution < 1.29 is 14.5 Å². The number of hydrogen-bond acceptors (Lipinski definition) is 5. The summed E-state index contributed by atoms with van der Waals surface area (Å²) >= 11 is 0. The average molecular weight is 344 g/mol. The first-order valence-corrected chi connectivity index (χ1v) is 7.31. The van der Waals surface area contributed by atoms with Crippen LogP contribution in [0.25, 0.3) is 0 Å². The molecular weight excluding hydrogens is 322 g/mol. The lowest BCUT2D eigenvalue weighted by atomic mass is 9.90. The van der Waals surface area contributed by atoms with Crippen molar-refractivity contribution >= 4 is 24.0 Å². The van der Waals surface area contributed by atoms with Crippen LogP contribution >= 0.6 is 12.4 Å². The molecule has 23 heavy (non-hydrogen) atoms. The van der Waals surface area contributed by atoms with E-state index in [1.54, 1.807) is 11.0 Å². The molecule has 1 unspecified atom stereocenters. The standard InChI is InChI=1S/C15H21N3O4.ClH/c1-10(16)11-5-7-17(8-6-11)15(19)12-3-4-14(22-2)13(9-12)18(20)21;/h3-4,9-11H,5-8,16H2,1-2H3;1H. The van der Waals surface area contributed by atoms with Crippen molar-refractivity contribution in [1.82, 2.24) is 4.90 Å². The predicted molar refractivity (Wildman–Crippen MR) is 89.2 cm³/mol. The number of hydrogen-bond donors (Lipinski definition) is 1. The lowest BCUT2D eigenvalue weighted by Gasteiger charge is -2.33. The number of ether oxygens (including phenoxy) is 1. The Morgan fingerprint density at radius 3 is 2.52 bits per heavy atom. The lowest BCUT2D eigenvalue weighted by Crippen LogP contribution is -2.42. The zero-order valence-electron chi connectivity index (χ0n) is 13.2. The third-order valence-electron chi connectivity index (χ3n) is 4.19. The average Bonchev–Trinajstić information content (AvgIpc) is 2.53. The largest absolute Gasteiger partial charge is 0.490 e. The van der Waals surface area contributed by atoms with E-state index in [-0.39, 0.29) is 35.8 Å². The normalized spacial score (nSPS) is 16.4. The maximum absolute atomic E-state index is 12.5. The lowest BCUT2D eigenvalue weighted by molar-refractivity contribution is -0.385. The number of nitro benzene ring substituents is 1. The van der Waals surface area contributed by atoms with Crippen molar-refractivity contribution in [3.05, 3.63) is 33.9 Å². The van der Waals surface area contributed by atoms with Gasteiger partial charge in [-0.1, -0.05) is 0 Å². The highest BCUT2D eigenvalue weighted by Gasteiger charge is 2.27. The number of methoxy groups -OCH3 is 1. The van der Waals surface area contributed by atoms with E-state index in [4.69, 9.17) is 10.5 Å². The number of amides is 1. The highest BCUT2D eigenvalue weighted by atomic mass is 35.5. The van der Waals surface area contributed by atoms with Crippen LogP contribution in [-0.2, 0) is 0 Å². The highest BCUT2D eigenvalue weighted by Crippen LogP contribution is 2.29. The summed E-state index contributed by atoms with van der Waals surface area (Å²) in [6.07, 6.45) is 1.73. The van der Waals surface area contributed by atoms with Crippen LogP contribution in [0.5, 0.6) is 5.75 Å². The summed E-state index contributed by atoms with van der Waals surface area (Å²) in [6, 6.07) is 4.42. The molecule has 0 spiro atoms. The van der Waals surface area contributed by atoms with Crippen molar-refractivity contribution in [2.45, 2.75) is 25.8 Å². The van der Waals surface area contributed by atoms with Gasteiger partial charge in [-0.25, -0.2) is 0 Å². The fourth-order valence-corrected chi connectivity index (χ4v) is 2.78. The Morgan fingerprint density at radius 2 is 2.04 bits per heavy atom. The van der Waals surface area contributed by atoms with Gasteiger partial charge in [-0.05, 0) is 37.8 Å². The van der Waals surface area contributed by atoms with Gasteiger partial charge in [0.25, 0.3) is 5.91 Å². The summed E-state index contributed by atoms with van der Waals surface area (Å²) in [4.78, 5) is 24.7. The number of carbonyl (C=O) groups is 1. The summed E-state index contributed by atoms with van der Waals surface area (Å²) < 4.78 is 4.95. The highest BCUT2D eigenvalue weighted by molar-refractivity contribution is 5.95. The topological polar surface area (TPSA) is 98.7 Å². The summed E-state index contributed by atoms with van der Waals surface area (Å²) in [6.45, 7) is 3.24. The minimum Gasteiger partial charge on any atom is -0.490 e. The molecule has 0 aliphatic carbocycles. The number of nitrogens with zero attached hydrogens (tertiary/aromatic N) is 2. The molecule has 0 bridgehead atoms. The van der Waals surface area contributed by atoms with E-state index in [2.05, 4.69) is 0 Å². The van der Waals surface area contributed by atoms with E-state index < -0.39 is 4.92 Å². The molecule has 2 rings (SSSR count). The van der Waals surface area contributed by atoms with Gasteiger partial charge in [-0.15, -0.1) is 12.4 Å².